The number of benzene rings is 1. The Labute approximate surface area is 112 Å². The monoisotopic (exact) mass is 286 g/mol. The summed E-state index contributed by atoms with van der Waals surface area (Å²) >= 11 is 0. The van der Waals surface area contributed by atoms with Crippen molar-refractivity contribution in [1.82, 2.24) is 10.0 Å². The van der Waals surface area contributed by atoms with E-state index in [1.807, 2.05) is 0 Å². The highest BCUT2D eigenvalue weighted by atomic mass is 32.2. The fourth-order valence-electron chi connectivity index (χ4n) is 1.40. The molecule has 3 N–H and O–H groups in total. The summed E-state index contributed by atoms with van der Waals surface area (Å²) in [6.07, 6.45) is -0.627. The maximum absolute atomic E-state index is 11.7. The van der Waals surface area contributed by atoms with Crippen molar-refractivity contribution in [3.8, 4) is 0 Å². The van der Waals surface area contributed by atoms with E-state index in [4.69, 9.17) is 5.11 Å². The van der Waals surface area contributed by atoms with E-state index >= 15 is 0 Å². The van der Waals surface area contributed by atoms with Crippen LogP contribution in [0.5, 0.6) is 0 Å². The molecule has 0 radical (unpaired) electrons. The highest BCUT2D eigenvalue weighted by Crippen LogP contribution is 2.10. The molecule has 0 spiro atoms. The number of sulfonamides is 1. The van der Waals surface area contributed by atoms with Crippen molar-refractivity contribution in [2.75, 3.05) is 13.1 Å². The predicted octanol–water partition coefficient (Wildman–Crippen LogP) is 0.0954. The average molecular weight is 286 g/mol. The van der Waals surface area contributed by atoms with Gasteiger partial charge in [0, 0.05) is 18.7 Å². The van der Waals surface area contributed by atoms with Crippen LogP contribution in [0, 0.1) is 0 Å². The van der Waals surface area contributed by atoms with Gasteiger partial charge in [0.25, 0.3) is 5.91 Å². The molecule has 0 aliphatic heterocycles. The highest BCUT2D eigenvalue weighted by molar-refractivity contribution is 7.89. The Kier molecular flexibility index (Phi) is 5.46. The minimum absolute atomic E-state index is 0.112. The molecule has 1 rings (SSSR count). The van der Waals surface area contributed by atoms with Crippen LogP contribution in [-0.2, 0) is 10.0 Å². The molecule has 0 saturated heterocycles. The molecule has 106 valence electrons. The second-order valence-corrected chi connectivity index (χ2v) is 5.85. The van der Waals surface area contributed by atoms with Gasteiger partial charge in [-0.2, -0.15) is 0 Å². The maximum Gasteiger partial charge on any atom is 0.251 e. The molecular weight excluding hydrogens is 268 g/mol. The van der Waals surface area contributed by atoms with Crippen LogP contribution in [0.2, 0.25) is 0 Å². The van der Waals surface area contributed by atoms with E-state index in [0.717, 1.165) is 0 Å². The second-order valence-electron chi connectivity index (χ2n) is 4.08. The van der Waals surface area contributed by atoms with Crippen LogP contribution in [0.15, 0.2) is 29.2 Å². The molecule has 6 nitrogen and oxygen atoms in total. The summed E-state index contributed by atoms with van der Waals surface area (Å²) in [5.41, 5.74) is 0.344. The van der Waals surface area contributed by atoms with Crippen molar-refractivity contribution in [2.45, 2.75) is 24.8 Å². The molecule has 0 heterocycles. The topological polar surface area (TPSA) is 95.5 Å². The zero-order valence-corrected chi connectivity index (χ0v) is 11.7. The predicted molar refractivity (Wildman–Crippen MR) is 71.3 cm³/mol. The summed E-state index contributed by atoms with van der Waals surface area (Å²) < 4.78 is 25.7. The first-order valence-electron chi connectivity index (χ1n) is 5.93. The van der Waals surface area contributed by atoms with Crippen molar-refractivity contribution in [3.05, 3.63) is 29.8 Å². The molecule has 0 aliphatic carbocycles. The summed E-state index contributed by atoms with van der Waals surface area (Å²) in [4.78, 5) is 11.8. The van der Waals surface area contributed by atoms with E-state index in [1.54, 1.807) is 13.8 Å². The average Bonchev–Trinajstić information content (AvgIpc) is 2.36. The van der Waals surface area contributed by atoms with Gasteiger partial charge in [0.2, 0.25) is 10.0 Å². The van der Waals surface area contributed by atoms with Gasteiger partial charge in [0.15, 0.2) is 0 Å². The number of carbonyl (C=O) groups is 1. The summed E-state index contributed by atoms with van der Waals surface area (Å²) in [6, 6.07) is 5.60. The van der Waals surface area contributed by atoms with Gasteiger partial charge in [0.1, 0.15) is 0 Å². The summed E-state index contributed by atoms with van der Waals surface area (Å²) in [5, 5.41) is 11.6. The van der Waals surface area contributed by atoms with Crippen molar-refractivity contribution < 1.29 is 18.3 Å². The van der Waals surface area contributed by atoms with Crippen molar-refractivity contribution in [3.63, 3.8) is 0 Å². The van der Waals surface area contributed by atoms with E-state index in [0.29, 0.717) is 12.1 Å². The van der Waals surface area contributed by atoms with Crippen LogP contribution in [-0.4, -0.2) is 38.6 Å². The number of hydrogen-bond acceptors (Lipinski definition) is 4. The van der Waals surface area contributed by atoms with E-state index in [9.17, 15) is 13.2 Å². The third-order valence-electron chi connectivity index (χ3n) is 2.32. The Morgan fingerprint density at radius 3 is 2.37 bits per heavy atom. The fraction of sp³-hybridized carbons (Fsp3) is 0.417. The molecule has 0 fully saturated rings. The first-order chi connectivity index (χ1) is 8.86. The Morgan fingerprint density at radius 2 is 1.89 bits per heavy atom. The van der Waals surface area contributed by atoms with E-state index < -0.39 is 16.1 Å². The van der Waals surface area contributed by atoms with Gasteiger partial charge in [-0.05, 0) is 31.2 Å². The van der Waals surface area contributed by atoms with Crippen molar-refractivity contribution >= 4 is 15.9 Å². The summed E-state index contributed by atoms with van der Waals surface area (Å²) in [6.45, 7) is 3.71. The largest absolute Gasteiger partial charge is 0.392 e. The number of aliphatic hydroxyl groups excluding tert-OH is 1. The number of aliphatic hydroxyl groups is 1. The van der Waals surface area contributed by atoms with Gasteiger partial charge in [-0.15, -0.1) is 0 Å². The van der Waals surface area contributed by atoms with Gasteiger partial charge in [-0.3, -0.25) is 4.79 Å². The Hall–Kier alpha value is -1.44. The number of rotatable bonds is 6. The van der Waals surface area contributed by atoms with Crippen LogP contribution in [0.1, 0.15) is 24.2 Å². The van der Waals surface area contributed by atoms with Crippen LogP contribution in [0.4, 0.5) is 0 Å². The zero-order valence-electron chi connectivity index (χ0n) is 10.9. The van der Waals surface area contributed by atoms with Gasteiger partial charge in [0.05, 0.1) is 11.0 Å². The quantitative estimate of drug-likeness (QED) is 0.691. The SMILES string of the molecule is CCNS(=O)(=O)c1ccc(C(=O)NC[C@H](C)O)cc1. The lowest BCUT2D eigenvalue weighted by Crippen LogP contribution is -2.30. The fourth-order valence-corrected chi connectivity index (χ4v) is 2.44. The van der Waals surface area contributed by atoms with Gasteiger partial charge >= 0.3 is 0 Å². The summed E-state index contributed by atoms with van der Waals surface area (Å²) in [5.74, 6) is -0.353. The highest BCUT2D eigenvalue weighted by Gasteiger charge is 2.13. The molecule has 7 heteroatoms. The molecule has 1 aromatic carbocycles. The molecule has 0 bridgehead atoms. The molecular formula is C12H18N2O4S. The number of carbonyl (C=O) groups excluding carboxylic acids is 1. The molecule has 0 aromatic heterocycles. The minimum Gasteiger partial charge on any atom is -0.392 e. The zero-order chi connectivity index (χ0) is 14.5. The molecule has 19 heavy (non-hydrogen) atoms. The number of amides is 1. The van der Waals surface area contributed by atoms with Crippen LogP contribution < -0.4 is 10.0 Å². The Balaban J connectivity index is 2.79. The second kappa shape index (κ2) is 6.65. The van der Waals surface area contributed by atoms with Crippen LogP contribution in [0.3, 0.4) is 0 Å². The lowest BCUT2D eigenvalue weighted by molar-refractivity contribution is 0.0924. The smallest absolute Gasteiger partial charge is 0.251 e. The molecule has 0 saturated carbocycles. The van der Waals surface area contributed by atoms with Crippen LogP contribution in [0.25, 0.3) is 0 Å². The maximum atomic E-state index is 11.7. The number of hydrogen-bond donors (Lipinski definition) is 3. The first-order valence-corrected chi connectivity index (χ1v) is 7.41. The lowest BCUT2D eigenvalue weighted by atomic mass is 10.2. The van der Waals surface area contributed by atoms with Gasteiger partial charge in [-0.1, -0.05) is 6.92 Å². The molecule has 1 atom stereocenters. The van der Waals surface area contributed by atoms with Crippen molar-refractivity contribution in [1.29, 1.82) is 0 Å². The van der Waals surface area contributed by atoms with Crippen LogP contribution >= 0.6 is 0 Å². The minimum atomic E-state index is -3.50. The molecule has 1 aromatic rings. The lowest BCUT2D eigenvalue weighted by Gasteiger charge is -2.08. The Bertz CT molecular complexity index is 523. The van der Waals surface area contributed by atoms with E-state index in [2.05, 4.69) is 10.0 Å². The molecule has 1 amide bonds. The normalized spacial score (nSPS) is 13.0. The van der Waals surface area contributed by atoms with Gasteiger partial charge in [-0.25, -0.2) is 13.1 Å². The molecule has 0 unspecified atom stereocenters. The third kappa shape index (κ3) is 4.62. The number of nitrogens with one attached hydrogen (secondary N) is 2. The Morgan fingerprint density at radius 1 is 1.32 bits per heavy atom. The molecule has 0 aliphatic rings. The van der Waals surface area contributed by atoms with E-state index in [1.165, 1.54) is 24.3 Å². The summed E-state index contributed by atoms with van der Waals surface area (Å²) in [7, 11) is -3.50. The third-order valence-corrected chi connectivity index (χ3v) is 3.88. The van der Waals surface area contributed by atoms with E-state index in [-0.39, 0.29) is 17.3 Å². The van der Waals surface area contributed by atoms with Gasteiger partial charge < -0.3 is 10.4 Å². The first kappa shape index (κ1) is 15.6. The van der Waals surface area contributed by atoms with Crippen molar-refractivity contribution in [2.24, 2.45) is 0 Å². The standard InChI is InChI=1S/C12H18N2O4S/c1-3-14-19(17,18)11-6-4-10(5-7-11)12(16)13-8-9(2)15/h4-7,9,14-15H,3,8H2,1-2H3,(H,13,16)/t9-/m0/s1.